The predicted molar refractivity (Wildman–Crippen MR) is 79.7 cm³/mol. The van der Waals surface area contributed by atoms with Gasteiger partial charge in [0.1, 0.15) is 0 Å². The Hall–Kier alpha value is -1.96. The van der Waals surface area contributed by atoms with Gasteiger partial charge in [0.05, 0.1) is 11.4 Å². The first kappa shape index (κ1) is 12.5. The van der Waals surface area contributed by atoms with E-state index in [4.69, 9.17) is 0 Å². The predicted octanol–water partition coefficient (Wildman–Crippen LogP) is 4.42. The van der Waals surface area contributed by atoms with Gasteiger partial charge < -0.3 is 10.6 Å². The molecule has 0 fully saturated rings. The molecule has 2 N–H and O–H groups in total. The molecule has 0 amide bonds. The highest BCUT2D eigenvalue weighted by atomic mass is 14.9. The van der Waals surface area contributed by atoms with Crippen LogP contribution in [-0.2, 0) is 6.42 Å². The Morgan fingerprint density at radius 2 is 1.67 bits per heavy atom. The second-order valence-corrected chi connectivity index (χ2v) is 4.25. The molecule has 0 aliphatic rings. The van der Waals surface area contributed by atoms with Gasteiger partial charge in [-0.1, -0.05) is 31.2 Å². The van der Waals surface area contributed by atoms with Crippen LogP contribution in [-0.4, -0.2) is 6.54 Å². The van der Waals surface area contributed by atoms with Gasteiger partial charge in [-0.15, -0.1) is 0 Å². The molecule has 0 spiro atoms. The molecule has 0 aliphatic heterocycles. The molecule has 0 unspecified atom stereocenters. The maximum absolute atomic E-state index is 3.47. The van der Waals surface area contributed by atoms with Crippen molar-refractivity contribution in [3.8, 4) is 0 Å². The topological polar surface area (TPSA) is 24.1 Å². The van der Waals surface area contributed by atoms with Gasteiger partial charge in [0.2, 0.25) is 0 Å². The van der Waals surface area contributed by atoms with Gasteiger partial charge >= 0.3 is 0 Å². The van der Waals surface area contributed by atoms with Crippen molar-refractivity contribution in [1.82, 2.24) is 0 Å². The van der Waals surface area contributed by atoms with E-state index in [0.717, 1.165) is 30.0 Å². The van der Waals surface area contributed by atoms with E-state index in [0.29, 0.717) is 0 Å². The third kappa shape index (κ3) is 3.04. The fraction of sp³-hybridized carbons (Fsp3) is 0.250. The monoisotopic (exact) mass is 240 g/mol. The van der Waals surface area contributed by atoms with Crippen LogP contribution < -0.4 is 10.6 Å². The van der Waals surface area contributed by atoms with Crippen LogP contribution in [0.1, 0.15) is 19.4 Å². The molecule has 2 heteroatoms. The second kappa shape index (κ2) is 6.10. The average molecular weight is 240 g/mol. The molecule has 0 heterocycles. The van der Waals surface area contributed by atoms with Crippen molar-refractivity contribution >= 4 is 17.1 Å². The van der Waals surface area contributed by atoms with Gasteiger partial charge in [-0.05, 0) is 43.2 Å². The molecule has 2 aromatic rings. The van der Waals surface area contributed by atoms with Crippen LogP contribution in [0.25, 0.3) is 0 Å². The van der Waals surface area contributed by atoms with Crippen LogP contribution in [0.15, 0.2) is 48.5 Å². The SMILES string of the molecule is CCNc1ccccc1Nc1cccc(CC)c1. The smallest absolute Gasteiger partial charge is 0.0620 e. The molecular formula is C16H20N2. The number of nitrogens with one attached hydrogen (secondary N) is 2. The van der Waals surface area contributed by atoms with E-state index < -0.39 is 0 Å². The number of hydrogen-bond acceptors (Lipinski definition) is 2. The Labute approximate surface area is 109 Å². The summed E-state index contributed by atoms with van der Waals surface area (Å²) in [5.74, 6) is 0. The first-order chi connectivity index (χ1) is 8.83. The van der Waals surface area contributed by atoms with Crippen LogP contribution in [0, 0.1) is 0 Å². The summed E-state index contributed by atoms with van der Waals surface area (Å²) >= 11 is 0. The molecule has 0 saturated carbocycles. The molecule has 0 saturated heterocycles. The quantitative estimate of drug-likeness (QED) is 0.808. The van der Waals surface area contributed by atoms with Crippen LogP contribution in [0.3, 0.4) is 0 Å². The number of aryl methyl sites for hydroxylation is 1. The Morgan fingerprint density at radius 1 is 0.889 bits per heavy atom. The van der Waals surface area contributed by atoms with Crippen molar-refractivity contribution < 1.29 is 0 Å². The summed E-state index contributed by atoms with van der Waals surface area (Å²) in [6, 6.07) is 16.8. The van der Waals surface area contributed by atoms with Crippen molar-refractivity contribution in [3.05, 3.63) is 54.1 Å². The lowest BCUT2D eigenvalue weighted by Crippen LogP contribution is -2.01. The van der Waals surface area contributed by atoms with E-state index in [9.17, 15) is 0 Å². The van der Waals surface area contributed by atoms with Crippen molar-refractivity contribution in [2.75, 3.05) is 17.2 Å². The van der Waals surface area contributed by atoms with Gasteiger partial charge in [-0.25, -0.2) is 0 Å². The molecule has 0 radical (unpaired) electrons. The third-order valence-electron chi connectivity index (χ3n) is 2.91. The molecule has 2 rings (SSSR count). The standard InChI is InChI=1S/C16H20N2/c1-3-13-8-7-9-14(12-13)18-16-11-6-5-10-15(16)17-4-2/h5-12,17-18H,3-4H2,1-2H3. The van der Waals surface area contributed by atoms with Crippen molar-refractivity contribution in [3.63, 3.8) is 0 Å². The van der Waals surface area contributed by atoms with Crippen molar-refractivity contribution in [2.45, 2.75) is 20.3 Å². The van der Waals surface area contributed by atoms with Gasteiger partial charge in [-0.2, -0.15) is 0 Å². The van der Waals surface area contributed by atoms with E-state index in [1.165, 1.54) is 5.56 Å². The molecule has 2 nitrogen and oxygen atoms in total. The molecule has 0 atom stereocenters. The maximum atomic E-state index is 3.47. The Bertz CT molecular complexity index is 506. The van der Waals surface area contributed by atoms with E-state index in [1.807, 2.05) is 12.1 Å². The zero-order valence-corrected chi connectivity index (χ0v) is 11.0. The number of anilines is 3. The van der Waals surface area contributed by atoms with Gasteiger partial charge in [0, 0.05) is 12.2 Å². The van der Waals surface area contributed by atoms with Crippen molar-refractivity contribution in [1.29, 1.82) is 0 Å². The normalized spacial score (nSPS) is 10.1. The first-order valence-electron chi connectivity index (χ1n) is 6.52. The van der Waals surface area contributed by atoms with Crippen LogP contribution in [0.5, 0.6) is 0 Å². The number of hydrogen-bond donors (Lipinski definition) is 2. The molecular weight excluding hydrogens is 220 g/mol. The highest BCUT2D eigenvalue weighted by Crippen LogP contribution is 2.25. The van der Waals surface area contributed by atoms with E-state index in [2.05, 4.69) is 60.9 Å². The zero-order valence-electron chi connectivity index (χ0n) is 11.0. The Kier molecular flexibility index (Phi) is 4.24. The third-order valence-corrected chi connectivity index (χ3v) is 2.91. The van der Waals surface area contributed by atoms with E-state index >= 15 is 0 Å². The van der Waals surface area contributed by atoms with Gasteiger partial charge in [-0.3, -0.25) is 0 Å². The molecule has 0 aromatic heterocycles. The van der Waals surface area contributed by atoms with E-state index in [1.54, 1.807) is 0 Å². The molecule has 2 aromatic carbocycles. The lowest BCUT2D eigenvalue weighted by Gasteiger charge is -2.13. The summed E-state index contributed by atoms with van der Waals surface area (Å²) < 4.78 is 0. The summed E-state index contributed by atoms with van der Waals surface area (Å²) in [4.78, 5) is 0. The minimum Gasteiger partial charge on any atom is -0.384 e. The maximum Gasteiger partial charge on any atom is 0.0620 e. The first-order valence-corrected chi connectivity index (χ1v) is 6.52. The lowest BCUT2D eigenvalue weighted by molar-refractivity contribution is 1.14. The van der Waals surface area contributed by atoms with Crippen LogP contribution in [0.4, 0.5) is 17.1 Å². The Balaban J connectivity index is 2.22. The zero-order chi connectivity index (χ0) is 12.8. The molecule has 18 heavy (non-hydrogen) atoms. The minimum atomic E-state index is 0.924. The Morgan fingerprint density at radius 3 is 2.39 bits per heavy atom. The van der Waals surface area contributed by atoms with Crippen molar-refractivity contribution in [2.24, 2.45) is 0 Å². The second-order valence-electron chi connectivity index (χ2n) is 4.25. The summed E-state index contributed by atoms with van der Waals surface area (Å²) in [5.41, 5.74) is 4.75. The van der Waals surface area contributed by atoms with Crippen LogP contribution >= 0.6 is 0 Å². The highest BCUT2D eigenvalue weighted by Gasteiger charge is 2.01. The number of para-hydroxylation sites is 2. The summed E-state index contributed by atoms with van der Waals surface area (Å²) in [5, 5.41) is 6.83. The lowest BCUT2D eigenvalue weighted by atomic mass is 10.1. The summed E-state index contributed by atoms with van der Waals surface area (Å²) in [7, 11) is 0. The molecule has 0 aliphatic carbocycles. The fourth-order valence-electron chi connectivity index (χ4n) is 1.96. The highest BCUT2D eigenvalue weighted by molar-refractivity contribution is 5.74. The van der Waals surface area contributed by atoms with Gasteiger partial charge in [0.15, 0.2) is 0 Å². The molecule has 0 bridgehead atoms. The number of rotatable bonds is 5. The average Bonchev–Trinajstić information content (AvgIpc) is 2.41. The van der Waals surface area contributed by atoms with Gasteiger partial charge in [0.25, 0.3) is 0 Å². The van der Waals surface area contributed by atoms with Crippen LogP contribution in [0.2, 0.25) is 0 Å². The largest absolute Gasteiger partial charge is 0.384 e. The fourth-order valence-corrected chi connectivity index (χ4v) is 1.96. The molecule has 94 valence electrons. The summed E-state index contributed by atoms with van der Waals surface area (Å²) in [6.07, 6.45) is 1.06. The minimum absolute atomic E-state index is 0.924. The number of benzene rings is 2. The van der Waals surface area contributed by atoms with E-state index in [-0.39, 0.29) is 0 Å². The summed E-state index contributed by atoms with van der Waals surface area (Å²) in [6.45, 7) is 5.20.